The standard InChI is InChI=1S/C19H22N2O2/c22-14-17-11-18(19(23)20-17)21(12-15-7-3-1-4-8-15)13-16-9-5-2-6-10-16/h1-10,17-18,22H,11-14H2,(H,20,23)/t17-,18-/m0/s1. The first-order valence-electron chi connectivity index (χ1n) is 7.99. The van der Waals surface area contributed by atoms with E-state index in [2.05, 4.69) is 34.5 Å². The molecular weight excluding hydrogens is 288 g/mol. The fourth-order valence-electron chi connectivity index (χ4n) is 3.08. The molecule has 2 atom stereocenters. The number of amides is 1. The first kappa shape index (κ1) is 15.7. The predicted molar refractivity (Wildman–Crippen MR) is 89.6 cm³/mol. The second-order valence-electron chi connectivity index (χ2n) is 6.02. The first-order valence-corrected chi connectivity index (χ1v) is 7.99. The van der Waals surface area contributed by atoms with Gasteiger partial charge in [0.1, 0.15) is 0 Å². The molecule has 4 heteroatoms. The van der Waals surface area contributed by atoms with E-state index in [4.69, 9.17) is 0 Å². The first-order chi connectivity index (χ1) is 11.3. The fourth-order valence-corrected chi connectivity index (χ4v) is 3.08. The van der Waals surface area contributed by atoms with Gasteiger partial charge in [-0.25, -0.2) is 0 Å². The highest BCUT2D eigenvalue weighted by atomic mass is 16.3. The monoisotopic (exact) mass is 310 g/mol. The maximum atomic E-state index is 12.3. The van der Waals surface area contributed by atoms with Gasteiger partial charge in [-0.1, -0.05) is 60.7 Å². The molecule has 1 aliphatic rings. The summed E-state index contributed by atoms with van der Waals surface area (Å²) >= 11 is 0. The average molecular weight is 310 g/mol. The lowest BCUT2D eigenvalue weighted by atomic mass is 10.1. The highest BCUT2D eigenvalue weighted by Gasteiger charge is 2.35. The van der Waals surface area contributed by atoms with Crippen LogP contribution in [0.5, 0.6) is 0 Å². The van der Waals surface area contributed by atoms with Crippen LogP contribution in [-0.4, -0.2) is 34.6 Å². The second-order valence-corrected chi connectivity index (χ2v) is 6.02. The van der Waals surface area contributed by atoms with E-state index in [1.165, 1.54) is 11.1 Å². The zero-order valence-electron chi connectivity index (χ0n) is 13.1. The predicted octanol–water partition coefficient (Wildman–Crippen LogP) is 1.94. The molecule has 1 saturated heterocycles. The van der Waals surface area contributed by atoms with E-state index in [0.717, 1.165) is 0 Å². The Labute approximate surface area is 136 Å². The summed E-state index contributed by atoms with van der Waals surface area (Å²) in [5.74, 6) is 0.0101. The lowest BCUT2D eigenvalue weighted by molar-refractivity contribution is -0.124. The van der Waals surface area contributed by atoms with Gasteiger partial charge in [-0.05, 0) is 17.5 Å². The fraction of sp³-hybridized carbons (Fsp3) is 0.316. The lowest BCUT2D eigenvalue weighted by Gasteiger charge is -2.27. The summed E-state index contributed by atoms with van der Waals surface area (Å²) in [4.78, 5) is 14.5. The van der Waals surface area contributed by atoms with Crippen LogP contribution < -0.4 is 5.32 Å². The molecule has 1 aliphatic heterocycles. The Bertz CT molecular complexity index is 589. The van der Waals surface area contributed by atoms with Crippen molar-refractivity contribution < 1.29 is 9.90 Å². The number of carbonyl (C=O) groups is 1. The number of nitrogens with one attached hydrogen (secondary N) is 1. The summed E-state index contributed by atoms with van der Waals surface area (Å²) in [6.07, 6.45) is 0.648. The highest BCUT2D eigenvalue weighted by Crippen LogP contribution is 2.20. The topological polar surface area (TPSA) is 52.6 Å². The minimum absolute atomic E-state index is 0.00719. The molecule has 0 aromatic heterocycles. The van der Waals surface area contributed by atoms with E-state index in [1.807, 2.05) is 36.4 Å². The van der Waals surface area contributed by atoms with Crippen molar-refractivity contribution in [3.63, 3.8) is 0 Å². The number of nitrogens with zero attached hydrogens (tertiary/aromatic N) is 1. The Morgan fingerprint density at radius 2 is 1.48 bits per heavy atom. The van der Waals surface area contributed by atoms with Gasteiger partial charge >= 0.3 is 0 Å². The normalized spacial score (nSPS) is 20.7. The number of hydrogen-bond donors (Lipinski definition) is 2. The average Bonchev–Trinajstić information content (AvgIpc) is 2.97. The van der Waals surface area contributed by atoms with E-state index >= 15 is 0 Å². The van der Waals surface area contributed by atoms with Crippen LogP contribution >= 0.6 is 0 Å². The summed E-state index contributed by atoms with van der Waals surface area (Å²) in [6.45, 7) is 1.42. The molecule has 1 heterocycles. The largest absolute Gasteiger partial charge is 0.394 e. The van der Waals surface area contributed by atoms with Gasteiger partial charge in [0, 0.05) is 13.1 Å². The van der Waals surface area contributed by atoms with Crippen molar-refractivity contribution in [2.45, 2.75) is 31.6 Å². The number of hydrogen-bond acceptors (Lipinski definition) is 3. The number of benzene rings is 2. The molecule has 0 saturated carbocycles. The van der Waals surface area contributed by atoms with Gasteiger partial charge in [-0.2, -0.15) is 0 Å². The zero-order chi connectivity index (χ0) is 16.1. The molecule has 4 nitrogen and oxygen atoms in total. The molecule has 23 heavy (non-hydrogen) atoms. The van der Waals surface area contributed by atoms with Crippen LogP contribution in [-0.2, 0) is 17.9 Å². The van der Waals surface area contributed by atoms with Crippen LogP contribution in [0, 0.1) is 0 Å². The molecule has 3 rings (SSSR count). The summed E-state index contributed by atoms with van der Waals surface area (Å²) in [7, 11) is 0. The van der Waals surface area contributed by atoms with E-state index in [0.29, 0.717) is 19.5 Å². The third kappa shape index (κ3) is 3.97. The molecule has 2 aromatic rings. The molecular formula is C19H22N2O2. The molecule has 120 valence electrons. The molecule has 0 radical (unpaired) electrons. The Kier molecular flexibility index (Phi) is 5.05. The van der Waals surface area contributed by atoms with Crippen molar-refractivity contribution in [1.82, 2.24) is 10.2 Å². The summed E-state index contributed by atoms with van der Waals surface area (Å²) in [6, 6.07) is 20.0. The van der Waals surface area contributed by atoms with Crippen molar-refractivity contribution >= 4 is 5.91 Å². The molecule has 0 bridgehead atoms. The van der Waals surface area contributed by atoms with Crippen LogP contribution in [0.25, 0.3) is 0 Å². The third-order valence-corrected chi connectivity index (χ3v) is 4.27. The molecule has 2 aromatic carbocycles. The van der Waals surface area contributed by atoms with Crippen molar-refractivity contribution in [3.8, 4) is 0 Å². The third-order valence-electron chi connectivity index (χ3n) is 4.27. The van der Waals surface area contributed by atoms with Gasteiger partial charge in [-0.15, -0.1) is 0 Å². The Hall–Kier alpha value is -2.17. The van der Waals surface area contributed by atoms with Gasteiger partial charge in [0.05, 0.1) is 18.7 Å². The summed E-state index contributed by atoms with van der Waals surface area (Å²) in [5.41, 5.74) is 2.37. The summed E-state index contributed by atoms with van der Waals surface area (Å²) in [5, 5.41) is 12.2. The number of rotatable bonds is 6. The number of aliphatic hydroxyl groups is 1. The van der Waals surface area contributed by atoms with Gasteiger partial charge in [-0.3, -0.25) is 9.69 Å². The molecule has 0 spiro atoms. The van der Waals surface area contributed by atoms with Gasteiger partial charge in [0.15, 0.2) is 0 Å². The van der Waals surface area contributed by atoms with Crippen LogP contribution in [0.1, 0.15) is 17.5 Å². The van der Waals surface area contributed by atoms with Crippen molar-refractivity contribution in [3.05, 3.63) is 71.8 Å². The van der Waals surface area contributed by atoms with E-state index < -0.39 is 0 Å². The van der Waals surface area contributed by atoms with E-state index in [9.17, 15) is 9.90 Å². The highest BCUT2D eigenvalue weighted by molar-refractivity contribution is 5.84. The molecule has 2 N–H and O–H groups in total. The summed E-state index contributed by atoms with van der Waals surface area (Å²) < 4.78 is 0. The Morgan fingerprint density at radius 3 is 1.91 bits per heavy atom. The van der Waals surface area contributed by atoms with Crippen LogP contribution in [0.3, 0.4) is 0 Å². The maximum absolute atomic E-state index is 12.3. The van der Waals surface area contributed by atoms with Crippen LogP contribution in [0.4, 0.5) is 0 Å². The van der Waals surface area contributed by atoms with Crippen LogP contribution in [0.2, 0.25) is 0 Å². The zero-order valence-corrected chi connectivity index (χ0v) is 13.1. The molecule has 1 fully saturated rings. The molecule has 0 unspecified atom stereocenters. The SMILES string of the molecule is O=C1N[C@H](CO)C[C@@H]1N(Cc1ccccc1)Cc1ccccc1. The maximum Gasteiger partial charge on any atom is 0.237 e. The van der Waals surface area contributed by atoms with E-state index in [1.54, 1.807) is 0 Å². The Balaban J connectivity index is 1.79. The quantitative estimate of drug-likeness (QED) is 0.857. The molecule has 1 amide bonds. The minimum atomic E-state index is -0.201. The van der Waals surface area contributed by atoms with Gasteiger partial charge in [0.2, 0.25) is 5.91 Å². The van der Waals surface area contributed by atoms with Crippen molar-refractivity contribution in [2.75, 3.05) is 6.61 Å². The smallest absolute Gasteiger partial charge is 0.237 e. The Morgan fingerprint density at radius 1 is 0.957 bits per heavy atom. The number of aliphatic hydroxyl groups excluding tert-OH is 1. The van der Waals surface area contributed by atoms with E-state index in [-0.39, 0.29) is 24.6 Å². The van der Waals surface area contributed by atoms with Gasteiger partial charge in [0.25, 0.3) is 0 Å². The molecule has 0 aliphatic carbocycles. The van der Waals surface area contributed by atoms with Crippen molar-refractivity contribution in [2.24, 2.45) is 0 Å². The van der Waals surface area contributed by atoms with Crippen LogP contribution in [0.15, 0.2) is 60.7 Å². The second kappa shape index (κ2) is 7.40. The lowest BCUT2D eigenvalue weighted by Crippen LogP contribution is -2.39. The minimum Gasteiger partial charge on any atom is -0.394 e. The van der Waals surface area contributed by atoms with Gasteiger partial charge < -0.3 is 10.4 Å². The van der Waals surface area contributed by atoms with Crippen molar-refractivity contribution in [1.29, 1.82) is 0 Å². The number of carbonyl (C=O) groups excluding carboxylic acids is 1.